The molecule has 0 aromatic carbocycles. The summed E-state index contributed by atoms with van der Waals surface area (Å²) in [6.45, 7) is 5.28. The minimum Gasteiger partial charge on any atom is -0.481 e. The Morgan fingerprint density at radius 3 is 2.94 bits per heavy atom. The van der Waals surface area contributed by atoms with Gasteiger partial charge in [-0.3, -0.25) is 4.79 Å². The zero-order chi connectivity index (χ0) is 12.2. The van der Waals surface area contributed by atoms with Gasteiger partial charge in [-0.25, -0.2) is 4.98 Å². The minimum absolute atomic E-state index is 0.174. The first-order chi connectivity index (χ1) is 8.08. The number of fused-ring (bicyclic) bond motifs is 1. The third-order valence-electron chi connectivity index (χ3n) is 4.08. The molecule has 17 heavy (non-hydrogen) atoms. The number of imidazole rings is 1. The highest BCUT2D eigenvalue weighted by molar-refractivity contribution is 5.75. The first-order valence-corrected chi connectivity index (χ1v) is 6.36. The Balaban J connectivity index is 1.95. The zero-order valence-corrected chi connectivity index (χ0v) is 10.3. The average Bonchev–Trinajstić information content (AvgIpc) is 2.97. The van der Waals surface area contributed by atoms with Gasteiger partial charge in [0.05, 0.1) is 11.6 Å². The highest BCUT2D eigenvalue weighted by Gasteiger charge is 2.47. The molecule has 1 aromatic heterocycles. The van der Waals surface area contributed by atoms with Gasteiger partial charge in [0, 0.05) is 24.6 Å². The van der Waals surface area contributed by atoms with E-state index in [4.69, 9.17) is 5.11 Å². The monoisotopic (exact) mass is 234 g/mol. The fraction of sp³-hybridized carbons (Fsp3) is 0.692. The van der Waals surface area contributed by atoms with Crippen molar-refractivity contribution in [1.82, 2.24) is 9.55 Å². The maximum Gasteiger partial charge on any atom is 0.307 e. The van der Waals surface area contributed by atoms with Gasteiger partial charge in [0.2, 0.25) is 0 Å². The number of aromatic nitrogens is 2. The van der Waals surface area contributed by atoms with Gasteiger partial charge in [0.15, 0.2) is 0 Å². The molecule has 1 fully saturated rings. The number of nitrogens with zero attached hydrogens (tertiary/aromatic N) is 2. The third kappa shape index (κ3) is 1.66. The fourth-order valence-corrected chi connectivity index (χ4v) is 3.06. The van der Waals surface area contributed by atoms with Crippen molar-refractivity contribution < 1.29 is 9.90 Å². The Morgan fingerprint density at radius 1 is 1.53 bits per heavy atom. The molecule has 3 unspecified atom stereocenters. The standard InChI is InChI=1S/C13H18N2O2/c1-7-3-4-11-14-8(2)12(15(11)6-7)9-5-10(9)13(16)17/h7,9-10H,3-6H2,1-2H3,(H,16,17). The lowest BCUT2D eigenvalue weighted by atomic mass is 10.0. The van der Waals surface area contributed by atoms with E-state index in [0.29, 0.717) is 5.92 Å². The van der Waals surface area contributed by atoms with Crippen molar-refractivity contribution in [3.8, 4) is 0 Å². The van der Waals surface area contributed by atoms with Crippen LogP contribution in [0.25, 0.3) is 0 Å². The topological polar surface area (TPSA) is 55.1 Å². The van der Waals surface area contributed by atoms with Gasteiger partial charge in [-0.15, -0.1) is 0 Å². The SMILES string of the molecule is Cc1nc2n(c1C1CC1C(=O)O)CC(C)CC2. The Morgan fingerprint density at radius 2 is 2.29 bits per heavy atom. The molecule has 0 bridgehead atoms. The smallest absolute Gasteiger partial charge is 0.307 e. The second-order valence-corrected chi connectivity index (χ2v) is 5.54. The fourth-order valence-electron chi connectivity index (χ4n) is 3.06. The highest BCUT2D eigenvalue weighted by atomic mass is 16.4. The van der Waals surface area contributed by atoms with Crippen LogP contribution in [-0.2, 0) is 17.8 Å². The van der Waals surface area contributed by atoms with Crippen LogP contribution in [0, 0.1) is 18.8 Å². The van der Waals surface area contributed by atoms with Crippen molar-refractivity contribution in [2.45, 2.75) is 45.6 Å². The molecule has 2 aliphatic rings. The number of carboxylic acid groups (broad SMARTS) is 1. The number of carboxylic acids is 1. The van der Waals surface area contributed by atoms with Gasteiger partial charge >= 0.3 is 5.97 Å². The number of carbonyl (C=O) groups is 1. The summed E-state index contributed by atoms with van der Waals surface area (Å²) in [7, 11) is 0. The Hall–Kier alpha value is -1.32. The Bertz CT molecular complexity index is 478. The van der Waals surface area contributed by atoms with Crippen LogP contribution < -0.4 is 0 Å². The summed E-state index contributed by atoms with van der Waals surface area (Å²) in [5.41, 5.74) is 2.24. The van der Waals surface area contributed by atoms with E-state index in [1.165, 1.54) is 12.1 Å². The van der Waals surface area contributed by atoms with E-state index in [2.05, 4.69) is 16.5 Å². The molecule has 92 valence electrons. The second kappa shape index (κ2) is 3.59. The van der Waals surface area contributed by atoms with Crippen molar-refractivity contribution in [1.29, 1.82) is 0 Å². The molecular formula is C13H18N2O2. The molecule has 3 rings (SSSR count). The lowest BCUT2D eigenvalue weighted by Gasteiger charge is -2.22. The highest BCUT2D eigenvalue weighted by Crippen LogP contribution is 2.49. The van der Waals surface area contributed by atoms with Gasteiger partial charge in [-0.1, -0.05) is 6.92 Å². The summed E-state index contributed by atoms with van der Waals surface area (Å²) in [6, 6.07) is 0. The van der Waals surface area contributed by atoms with Crippen LogP contribution in [0.4, 0.5) is 0 Å². The average molecular weight is 234 g/mol. The molecule has 0 amide bonds. The van der Waals surface area contributed by atoms with Crippen molar-refractivity contribution in [2.24, 2.45) is 11.8 Å². The quantitative estimate of drug-likeness (QED) is 0.851. The zero-order valence-electron chi connectivity index (χ0n) is 10.3. The van der Waals surface area contributed by atoms with Crippen LogP contribution >= 0.6 is 0 Å². The summed E-state index contributed by atoms with van der Waals surface area (Å²) >= 11 is 0. The van der Waals surface area contributed by atoms with Crippen molar-refractivity contribution in [2.75, 3.05) is 0 Å². The summed E-state index contributed by atoms with van der Waals surface area (Å²) in [6.07, 6.45) is 3.02. The molecule has 4 nitrogen and oxygen atoms in total. The Labute approximate surface area is 101 Å². The molecule has 1 aliphatic carbocycles. The van der Waals surface area contributed by atoms with Gasteiger partial charge in [0.25, 0.3) is 0 Å². The van der Waals surface area contributed by atoms with E-state index in [9.17, 15) is 4.79 Å². The van der Waals surface area contributed by atoms with E-state index in [-0.39, 0.29) is 11.8 Å². The normalized spacial score (nSPS) is 31.1. The lowest BCUT2D eigenvalue weighted by molar-refractivity contribution is -0.138. The maximum absolute atomic E-state index is 11.0. The summed E-state index contributed by atoms with van der Waals surface area (Å²) < 4.78 is 2.29. The van der Waals surface area contributed by atoms with Crippen LogP contribution in [0.5, 0.6) is 0 Å². The number of aliphatic carboxylic acids is 1. The van der Waals surface area contributed by atoms with Gasteiger partial charge in [-0.2, -0.15) is 0 Å². The van der Waals surface area contributed by atoms with E-state index in [0.717, 1.165) is 30.9 Å². The molecule has 2 heterocycles. The van der Waals surface area contributed by atoms with E-state index < -0.39 is 5.97 Å². The van der Waals surface area contributed by atoms with Crippen LogP contribution in [0.2, 0.25) is 0 Å². The predicted octanol–water partition coefficient (Wildman–Crippen LogP) is 1.96. The van der Waals surface area contributed by atoms with Gasteiger partial charge < -0.3 is 9.67 Å². The van der Waals surface area contributed by atoms with Gasteiger partial charge in [-0.05, 0) is 25.7 Å². The molecule has 1 N–H and O–H groups in total. The number of rotatable bonds is 2. The maximum atomic E-state index is 11.0. The molecule has 0 saturated heterocycles. The predicted molar refractivity (Wildman–Crippen MR) is 62.9 cm³/mol. The number of aryl methyl sites for hydroxylation is 2. The van der Waals surface area contributed by atoms with Crippen molar-refractivity contribution >= 4 is 5.97 Å². The van der Waals surface area contributed by atoms with E-state index >= 15 is 0 Å². The molecular weight excluding hydrogens is 216 g/mol. The molecule has 3 atom stereocenters. The first kappa shape index (κ1) is 10.8. The minimum atomic E-state index is -0.659. The lowest BCUT2D eigenvalue weighted by Crippen LogP contribution is -2.20. The Kier molecular flexibility index (Phi) is 2.28. The van der Waals surface area contributed by atoms with E-state index in [1.807, 2.05) is 6.92 Å². The second-order valence-electron chi connectivity index (χ2n) is 5.54. The molecule has 1 saturated carbocycles. The number of hydrogen-bond donors (Lipinski definition) is 1. The third-order valence-corrected chi connectivity index (χ3v) is 4.08. The molecule has 0 spiro atoms. The van der Waals surface area contributed by atoms with Crippen LogP contribution in [0.1, 0.15) is 42.9 Å². The molecule has 1 aliphatic heterocycles. The van der Waals surface area contributed by atoms with Gasteiger partial charge in [0.1, 0.15) is 5.82 Å². The van der Waals surface area contributed by atoms with Crippen LogP contribution in [0.3, 0.4) is 0 Å². The first-order valence-electron chi connectivity index (χ1n) is 6.36. The summed E-state index contributed by atoms with van der Waals surface area (Å²) in [5.74, 6) is 1.21. The molecule has 0 radical (unpaired) electrons. The van der Waals surface area contributed by atoms with Crippen molar-refractivity contribution in [3.63, 3.8) is 0 Å². The summed E-state index contributed by atoms with van der Waals surface area (Å²) in [5, 5.41) is 9.04. The molecule has 1 aromatic rings. The number of hydrogen-bond acceptors (Lipinski definition) is 2. The van der Waals surface area contributed by atoms with Crippen LogP contribution in [0.15, 0.2) is 0 Å². The van der Waals surface area contributed by atoms with Crippen molar-refractivity contribution in [3.05, 3.63) is 17.2 Å². The van der Waals surface area contributed by atoms with Crippen LogP contribution in [-0.4, -0.2) is 20.6 Å². The largest absolute Gasteiger partial charge is 0.481 e. The molecule has 4 heteroatoms. The summed E-state index contributed by atoms with van der Waals surface area (Å²) in [4.78, 5) is 15.6. The van der Waals surface area contributed by atoms with E-state index in [1.54, 1.807) is 0 Å².